The molecule has 0 saturated carbocycles. The van der Waals surface area contributed by atoms with Gasteiger partial charge in [-0.2, -0.15) is 5.10 Å². The number of aromatic nitrogens is 2. The summed E-state index contributed by atoms with van der Waals surface area (Å²) >= 11 is 0. The first kappa shape index (κ1) is 31.4. The molecular formula is C35H46N8O4. The predicted octanol–water partition coefficient (Wildman–Crippen LogP) is 3.40. The van der Waals surface area contributed by atoms with Crippen molar-refractivity contribution in [3.05, 3.63) is 59.8 Å². The summed E-state index contributed by atoms with van der Waals surface area (Å²) in [4.78, 5) is 51.1. The fraction of sp³-hybridized carbons (Fsp3) is 0.543. The fourth-order valence-electron chi connectivity index (χ4n) is 7.68. The third kappa shape index (κ3) is 7.08. The Kier molecular flexibility index (Phi) is 9.30. The molecule has 3 aromatic rings. The maximum atomic E-state index is 14.0. The van der Waals surface area contributed by atoms with Crippen LogP contribution in [0.1, 0.15) is 36.8 Å². The molecule has 4 aliphatic heterocycles. The third-order valence-electron chi connectivity index (χ3n) is 10.6. The maximum absolute atomic E-state index is 14.0. The van der Waals surface area contributed by atoms with E-state index in [-0.39, 0.29) is 18.0 Å². The Balaban J connectivity index is 0.981. The number of ether oxygens (including phenoxy) is 1. The van der Waals surface area contributed by atoms with Crippen molar-refractivity contribution in [2.24, 2.45) is 0 Å². The number of benzene rings is 2. The number of likely N-dealkylation sites (tertiary alicyclic amines) is 2. The highest BCUT2D eigenvalue weighted by atomic mass is 16.6. The number of nitrogens with one attached hydrogen (secondary N) is 2. The minimum absolute atomic E-state index is 0.0355. The largest absolute Gasteiger partial charge is 0.436 e. The Morgan fingerprint density at radius 1 is 0.894 bits per heavy atom. The van der Waals surface area contributed by atoms with Crippen molar-refractivity contribution in [3.8, 4) is 0 Å². The lowest BCUT2D eigenvalue weighted by atomic mass is 10.0. The van der Waals surface area contributed by atoms with Crippen molar-refractivity contribution in [1.29, 1.82) is 0 Å². The van der Waals surface area contributed by atoms with E-state index in [1.807, 2.05) is 46.2 Å². The Bertz CT molecular complexity index is 1570. The van der Waals surface area contributed by atoms with Gasteiger partial charge in [0.25, 0.3) is 5.91 Å². The number of piperidine rings is 2. The van der Waals surface area contributed by atoms with E-state index < -0.39 is 12.2 Å². The highest BCUT2D eigenvalue weighted by Crippen LogP contribution is 2.26. The number of H-pyrrole nitrogens is 1. The molecule has 1 unspecified atom stereocenters. The number of anilines is 1. The first-order valence-electron chi connectivity index (χ1n) is 17.2. The molecule has 5 heterocycles. The average Bonchev–Trinajstić information content (AvgIpc) is 3.50. The summed E-state index contributed by atoms with van der Waals surface area (Å²) in [5.74, 6) is -0.135. The van der Waals surface area contributed by atoms with Crippen LogP contribution in [0.15, 0.2) is 48.7 Å². The van der Waals surface area contributed by atoms with E-state index in [2.05, 4.69) is 38.4 Å². The molecule has 4 amide bonds. The van der Waals surface area contributed by atoms with Crippen molar-refractivity contribution in [2.75, 3.05) is 71.3 Å². The minimum atomic E-state index is -0.922. The van der Waals surface area contributed by atoms with E-state index in [4.69, 9.17) is 4.74 Å². The standard InChI is InChI=1S/C35H46N8O4/c1-39-13-9-28(10-14-39)40-18-20-41(21-19-40)33(44)32(23-25-6-7-31-27(22-25)24-36-38-31)47-35(46)42-15-11-29(12-16-42)43-17-8-26-4-2-3-5-30(26)37-34(43)45/h2-7,22,24,28-29,32H,8-21,23H2,1H3,(H,36,38)(H,37,45). The number of nitrogens with zero attached hydrogens (tertiary/aromatic N) is 6. The molecule has 250 valence electrons. The van der Waals surface area contributed by atoms with Crippen LogP contribution in [0.3, 0.4) is 0 Å². The van der Waals surface area contributed by atoms with Crippen molar-refractivity contribution >= 4 is 34.6 Å². The van der Waals surface area contributed by atoms with Crippen LogP contribution in [-0.2, 0) is 22.4 Å². The first-order chi connectivity index (χ1) is 22.9. The molecule has 3 fully saturated rings. The van der Waals surface area contributed by atoms with Gasteiger partial charge in [0.2, 0.25) is 0 Å². The molecule has 12 heteroatoms. The molecule has 2 aromatic carbocycles. The molecule has 0 spiro atoms. The number of amides is 4. The van der Waals surface area contributed by atoms with Crippen molar-refractivity contribution in [1.82, 2.24) is 34.7 Å². The normalized spacial score (nSPS) is 21.3. The van der Waals surface area contributed by atoms with E-state index in [9.17, 15) is 14.4 Å². The summed E-state index contributed by atoms with van der Waals surface area (Å²) in [5.41, 5.74) is 3.84. The molecule has 1 atom stereocenters. The van der Waals surface area contributed by atoms with Crippen LogP contribution in [0.2, 0.25) is 0 Å². The average molecular weight is 643 g/mol. The number of carbonyl (C=O) groups is 3. The fourth-order valence-corrected chi connectivity index (χ4v) is 7.68. The molecule has 1 aromatic heterocycles. The van der Waals surface area contributed by atoms with Gasteiger partial charge in [-0.1, -0.05) is 24.3 Å². The van der Waals surface area contributed by atoms with Gasteiger partial charge in [0.1, 0.15) is 0 Å². The molecule has 0 bridgehead atoms. The Labute approximate surface area is 276 Å². The monoisotopic (exact) mass is 642 g/mol. The van der Waals surface area contributed by atoms with Crippen LogP contribution in [0.4, 0.5) is 15.3 Å². The van der Waals surface area contributed by atoms with Gasteiger partial charge in [0.15, 0.2) is 6.10 Å². The zero-order valence-electron chi connectivity index (χ0n) is 27.3. The molecule has 2 N–H and O–H groups in total. The summed E-state index contributed by atoms with van der Waals surface area (Å²) in [5, 5.41) is 11.1. The second-order valence-corrected chi connectivity index (χ2v) is 13.5. The van der Waals surface area contributed by atoms with E-state index in [0.29, 0.717) is 58.0 Å². The summed E-state index contributed by atoms with van der Waals surface area (Å²) in [6.45, 7) is 6.74. The van der Waals surface area contributed by atoms with Crippen LogP contribution in [0.25, 0.3) is 10.9 Å². The number of urea groups is 1. The lowest BCUT2D eigenvalue weighted by Gasteiger charge is -2.42. The van der Waals surface area contributed by atoms with E-state index in [0.717, 1.165) is 73.2 Å². The van der Waals surface area contributed by atoms with Gasteiger partial charge in [-0.05, 0) is 81.6 Å². The quantitative estimate of drug-likeness (QED) is 0.424. The number of carbonyl (C=O) groups excluding carboxylic acids is 3. The van der Waals surface area contributed by atoms with Gasteiger partial charge in [-0.25, -0.2) is 9.59 Å². The molecule has 47 heavy (non-hydrogen) atoms. The second kappa shape index (κ2) is 13.9. The smallest absolute Gasteiger partial charge is 0.410 e. The topological polar surface area (TPSA) is 117 Å². The van der Waals surface area contributed by atoms with E-state index in [1.54, 1.807) is 11.1 Å². The second-order valence-electron chi connectivity index (χ2n) is 13.5. The summed E-state index contributed by atoms with van der Waals surface area (Å²) in [7, 11) is 2.17. The van der Waals surface area contributed by atoms with Gasteiger partial charge in [0, 0.05) is 75.4 Å². The van der Waals surface area contributed by atoms with Crippen molar-refractivity contribution in [2.45, 2.75) is 56.7 Å². The number of para-hydroxylation sites is 1. The van der Waals surface area contributed by atoms with Crippen LogP contribution >= 0.6 is 0 Å². The molecule has 7 rings (SSSR count). The van der Waals surface area contributed by atoms with Gasteiger partial charge in [-0.3, -0.25) is 14.8 Å². The molecule has 0 radical (unpaired) electrons. The Morgan fingerprint density at radius 3 is 2.43 bits per heavy atom. The van der Waals surface area contributed by atoms with Gasteiger partial charge in [-0.15, -0.1) is 0 Å². The van der Waals surface area contributed by atoms with Crippen molar-refractivity contribution in [3.63, 3.8) is 0 Å². The number of hydrogen-bond acceptors (Lipinski definition) is 7. The lowest BCUT2D eigenvalue weighted by molar-refractivity contribution is -0.143. The summed E-state index contributed by atoms with van der Waals surface area (Å²) in [6, 6.07) is 14.3. The number of rotatable bonds is 6. The van der Waals surface area contributed by atoms with Gasteiger partial charge < -0.3 is 29.7 Å². The van der Waals surface area contributed by atoms with Gasteiger partial charge >= 0.3 is 12.1 Å². The van der Waals surface area contributed by atoms with Crippen LogP contribution in [-0.4, -0.2) is 137 Å². The summed E-state index contributed by atoms with van der Waals surface area (Å²) < 4.78 is 6.08. The van der Waals surface area contributed by atoms with E-state index in [1.165, 1.54) is 0 Å². The number of piperazine rings is 1. The molecule has 4 aliphatic rings. The number of hydrogen-bond donors (Lipinski definition) is 2. The molecule has 0 aliphatic carbocycles. The molecule has 12 nitrogen and oxygen atoms in total. The lowest BCUT2D eigenvalue weighted by Crippen LogP contribution is -2.56. The summed E-state index contributed by atoms with van der Waals surface area (Å²) in [6.07, 6.45) is 5.10. The van der Waals surface area contributed by atoms with Crippen LogP contribution in [0, 0.1) is 0 Å². The SMILES string of the molecule is CN1CCC(N2CCN(C(=O)C(Cc3ccc4[nH]ncc4c3)OC(=O)N3CCC(N4CCc5ccccc5NC4=O)CC3)CC2)CC1. The van der Waals surface area contributed by atoms with Crippen LogP contribution in [0.5, 0.6) is 0 Å². The highest BCUT2D eigenvalue weighted by Gasteiger charge is 2.36. The Hall–Kier alpha value is -4.16. The first-order valence-corrected chi connectivity index (χ1v) is 17.2. The number of aromatic amines is 1. The number of fused-ring (bicyclic) bond motifs is 2. The third-order valence-corrected chi connectivity index (χ3v) is 10.6. The zero-order chi connectivity index (χ0) is 32.3. The predicted molar refractivity (Wildman–Crippen MR) is 179 cm³/mol. The van der Waals surface area contributed by atoms with Gasteiger partial charge in [0.05, 0.1) is 11.7 Å². The molecule has 3 saturated heterocycles. The highest BCUT2D eigenvalue weighted by molar-refractivity contribution is 5.91. The Morgan fingerprint density at radius 2 is 1.64 bits per heavy atom. The zero-order valence-corrected chi connectivity index (χ0v) is 27.3. The maximum Gasteiger partial charge on any atom is 0.410 e. The van der Waals surface area contributed by atoms with Crippen LogP contribution < -0.4 is 5.32 Å². The van der Waals surface area contributed by atoms with Crippen molar-refractivity contribution < 1.29 is 19.1 Å². The van der Waals surface area contributed by atoms with E-state index >= 15 is 0 Å². The minimum Gasteiger partial charge on any atom is -0.436 e. The molecular weight excluding hydrogens is 596 g/mol.